The maximum absolute atomic E-state index is 12.1. The number of nitrogens with one attached hydrogen (secondary N) is 2. The molecule has 0 bridgehead atoms. The molecular weight excluding hydrogens is 451 g/mol. The predicted molar refractivity (Wildman–Crippen MR) is 128 cm³/mol. The fraction of sp³-hybridized carbons (Fsp3) is 0.417. The second kappa shape index (κ2) is 13.9. The van der Waals surface area contributed by atoms with Crippen molar-refractivity contribution in [3.8, 4) is 11.5 Å². The molecule has 0 saturated heterocycles. The monoisotopic (exact) mass is 480 g/mol. The molecule has 8 heteroatoms. The average molecular weight is 481 g/mol. The zero-order valence-corrected chi connectivity index (χ0v) is 19.9. The molecular formula is C24H30Cl2N2O4. The lowest BCUT2D eigenvalue weighted by molar-refractivity contribution is -0.128. The van der Waals surface area contributed by atoms with Crippen molar-refractivity contribution >= 4 is 35.0 Å². The number of hydrogen-bond donors (Lipinski definition) is 2. The maximum Gasteiger partial charge on any atom is 0.260 e. The van der Waals surface area contributed by atoms with E-state index in [1.807, 2.05) is 0 Å². The summed E-state index contributed by atoms with van der Waals surface area (Å²) in [6.07, 6.45) is 2.43. The normalized spacial score (nSPS) is 12.5. The van der Waals surface area contributed by atoms with Crippen LogP contribution in [0, 0.1) is 0 Å². The first kappa shape index (κ1) is 25.8. The summed E-state index contributed by atoms with van der Waals surface area (Å²) in [6.45, 7) is 4.57. The molecule has 174 valence electrons. The molecule has 0 spiro atoms. The lowest BCUT2D eigenvalue weighted by Gasteiger charge is -2.15. The predicted octanol–water partition coefficient (Wildman–Crippen LogP) is 5.02. The van der Waals surface area contributed by atoms with E-state index in [1.165, 1.54) is 0 Å². The number of amides is 2. The van der Waals surface area contributed by atoms with Crippen LogP contribution < -0.4 is 20.1 Å². The molecule has 2 amide bonds. The van der Waals surface area contributed by atoms with Crippen LogP contribution in [0.1, 0.15) is 39.5 Å². The summed E-state index contributed by atoms with van der Waals surface area (Å²) in [5.74, 6) is 0.806. The summed E-state index contributed by atoms with van der Waals surface area (Å²) in [6, 6.07) is 13.9. The van der Waals surface area contributed by atoms with Crippen LogP contribution in [-0.2, 0) is 9.59 Å². The van der Waals surface area contributed by atoms with Gasteiger partial charge in [-0.15, -0.1) is 0 Å². The molecule has 0 radical (unpaired) electrons. The highest BCUT2D eigenvalue weighted by Crippen LogP contribution is 2.19. The summed E-state index contributed by atoms with van der Waals surface area (Å²) in [4.78, 5) is 24.2. The summed E-state index contributed by atoms with van der Waals surface area (Å²) >= 11 is 11.8. The smallest absolute Gasteiger partial charge is 0.260 e. The molecule has 0 saturated carbocycles. The molecule has 32 heavy (non-hydrogen) atoms. The third-order valence-corrected chi connectivity index (χ3v) is 5.13. The van der Waals surface area contributed by atoms with Gasteiger partial charge in [0.05, 0.1) is 0 Å². The van der Waals surface area contributed by atoms with Crippen LogP contribution in [0.3, 0.4) is 0 Å². The van der Waals surface area contributed by atoms with E-state index < -0.39 is 12.2 Å². The molecule has 2 aromatic carbocycles. The van der Waals surface area contributed by atoms with Gasteiger partial charge in [0.1, 0.15) is 11.5 Å². The van der Waals surface area contributed by atoms with E-state index in [1.54, 1.807) is 62.4 Å². The summed E-state index contributed by atoms with van der Waals surface area (Å²) in [5, 5.41) is 6.88. The Balaban J connectivity index is 1.51. The highest BCUT2D eigenvalue weighted by Gasteiger charge is 2.15. The van der Waals surface area contributed by atoms with Crippen molar-refractivity contribution in [2.24, 2.45) is 0 Å². The van der Waals surface area contributed by atoms with E-state index in [9.17, 15) is 9.59 Å². The summed E-state index contributed by atoms with van der Waals surface area (Å²) in [5.41, 5.74) is 0. The molecule has 2 atom stereocenters. The van der Waals surface area contributed by atoms with Gasteiger partial charge in [0, 0.05) is 23.1 Å². The lowest BCUT2D eigenvalue weighted by Crippen LogP contribution is -2.37. The number of rotatable bonds is 13. The van der Waals surface area contributed by atoms with Gasteiger partial charge in [0.25, 0.3) is 11.8 Å². The number of carbonyl (C=O) groups excluding carboxylic acids is 2. The first-order chi connectivity index (χ1) is 15.3. The molecule has 2 unspecified atom stereocenters. The molecule has 0 aromatic heterocycles. The third kappa shape index (κ3) is 9.79. The summed E-state index contributed by atoms with van der Waals surface area (Å²) < 4.78 is 11.2. The van der Waals surface area contributed by atoms with E-state index in [4.69, 9.17) is 32.7 Å². The molecule has 0 aliphatic heterocycles. The zero-order chi connectivity index (χ0) is 23.3. The Bertz CT molecular complexity index is 807. The minimum atomic E-state index is -0.597. The first-order valence-electron chi connectivity index (χ1n) is 10.7. The van der Waals surface area contributed by atoms with Crippen molar-refractivity contribution in [3.63, 3.8) is 0 Å². The Hall–Kier alpha value is -2.44. The number of hydrogen-bond acceptors (Lipinski definition) is 4. The van der Waals surface area contributed by atoms with Crippen molar-refractivity contribution in [1.29, 1.82) is 0 Å². The molecule has 0 fully saturated rings. The van der Waals surface area contributed by atoms with Crippen molar-refractivity contribution in [2.45, 2.75) is 51.7 Å². The van der Waals surface area contributed by atoms with Gasteiger partial charge in [0.2, 0.25) is 0 Å². The minimum Gasteiger partial charge on any atom is -0.481 e. The summed E-state index contributed by atoms with van der Waals surface area (Å²) in [7, 11) is 0. The number of ether oxygens (including phenoxy) is 2. The highest BCUT2D eigenvalue weighted by molar-refractivity contribution is 6.31. The molecule has 2 aromatic rings. The Morgan fingerprint density at radius 2 is 1.16 bits per heavy atom. The Kier molecular flexibility index (Phi) is 11.2. The largest absolute Gasteiger partial charge is 0.481 e. The van der Waals surface area contributed by atoms with E-state index in [0.29, 0.717) is 34.6 Å². The van der Waals surface area contributed by atoms with E-state index in [2.05, 4.69) is 10.6 Å². The van der Waals surface area contributed by atoms with E-state index in [-0.39, 0.29) is 11.8 Å². The van der Waals surface area contributed by atoms with Crippen molar-refractivity contribution in [2.75, 3.05) is 13.1 Å². The van der Waals surface area contributed by atoms with Gasteiger partial charge < -0.3 is 20.1 Å². The standard InChI is InChI=1S/C24H30Cl2N2O4/c1-17(31-21-11-7-9-19(25)15-21)23(29)27-13-5-3-4-6-14-28-24(30)18(2)32-22-12-8-10-20(26)16-22/h7-12,15-18H,3-6,13-14H2,1-2H3,(H,27,29)(H,28,30). The van der Waals surface area contributed by atoms with Crippen LogP contribution in [0.5, 0.6) is 11.5 Å². The van der Waals surface area contributed by atoms with Gasteiger partial charge in [-0.25, -0.2) is 0 Å². The SMILES string of the molecule is CC(Oc1cccc(Cl)c1)C(=O)NCCCCCCNC(=O)C(C)Oc1cccc(Cl)c1. The number of benzene rings is 2. The van der Waals surface area contributed by atoms with Crippen LogP contribution >= 0.6 is 23.2 Å². The second-order valence-corrected chi connectivity index (χ2v) is 8.30. The molecule has 0 heterocycles. The van der Waals surface area contributed by atoms with Gasteiger partial charge in [-0.2, -0.15) is 0 Å². The third-order valence-electron chi connectivity index (χ3n) is 4.66. The highest BCUT2D eigenvalue weighted by atomic mass is 35.5. The van der Waals surface area contributed by atoms with Gasteiger partial charge in [0.15, 0.2) is 12.2 Å². The van der Waals surface area contributed by atoms with Gasteiger partial charge in [-0.3, -0.25) is 9.59 Å². The fourth-order valence-corrected chi connectivity index (χ4v) is 3.27. The molecule has 6 nitrogen and oxygen atoms in total. The maximum atomic E-state index is 12.1. The molecule has 0 aliphatic carbocycles. The van der Waals surface area contributed by atoms with Crippen molar-refractivity contribution < 1.29 is 19.1 Å². The van der Waals surface area contributed by atoms with E-state index >= 15 is 0 Å². The number of halogens is 2. The minimum absolute atomic E-state index is 0.161. The molecule has 0 aliphatic rings. The Labute approximate surface area is 199 Å². The first-order valence-corrected chi connectivity index (χ1v) is 11.5. The molecule has 2 rings (SSSR count). The van der Waals surface area contributed by atoms with Crippen LogP contribution in [0.2, 0.25) is 10.0 Å². The molecule has 2 N–H and O–H groups in total. The van der Waals surface area contributed by atoms with Gasteiger partial charge in [-0.05, 0) is 63.1 Å². The topological polar surface area (TPSA) is 76.7 Å². The Morgan fingerprint density at radius 3 is 1.53 bits per heavy atom. The Morgan fingerprint density at radius 1 is 0.750 bits per heavy atom. The quantitative estimate of drug-likeness (QED) is 0.394. The lowest BCUT2D eigenvalue weighted by atomic mass is 10.2. The average Bonchev–Trinajstić information content (AvgIpc) is 2.75. The van der Waals surface area contributed by atoms with Gasteiger partial charge >= 0.3 is 0 Å². The van der Waals surface area contributed by atoms with E-state index in [0.717, 1.165) is 25.7 Å². The zero-order valence-electron chi connectivity index (χ0n) is 18.4. The number of carbonyl (C=O) groups is 2. The van der Waals surface area contributed by atoms with Crippen molar-refractivity contribution in [3.05, 3.63) is 58.6 Å². The van der Waals surface area contributed by atoms with Gasteiger partial charge in [-0.1, -0.05) is 48.2 Å². The van der Waals surface area contributed by atoms with Crippen LogP contribution in [0.25, 0.3) is 0 Å². The van der Waals surface area contributed by atoms with Crippen LogP contribution in [0.4, 0.5) is 0 Å². The van der Waals surface area contributed by atoms with Crippen LogP contribution in [0.15, 0.2) is 48.5 Å². The number of unbranched alkanes of at least 4 members (excludes halogenated alkanes) is 3. The van der Waals surface area contributed by atoms with Crippen molar-refractivity contribution in [1.82, 2.24) is 10.6 Å². The van der Waals surface area contributed by atoms with Crippen LogP contribution in [-0.4, -0.2) is 37.1 Å². The second-order valence-electron chi connectivity index (χ2n) is 7.43. The fourth-order valence-electron chi connectivity index (χ4n) is 2.91.